The highest BCUT2D eigenvalue weighted by molar-refractivity contribution is 5.85. The molecule has 0 radical (unpaired) electrons. The number of nitrogens with one attached hydrogen (secondary N) is 1. The first-order chi connectivity index (χ1) is 7.86. The summed E-state index contributed by atoms with van der Waals surface area (Å²) in [6.07, 6.45) is 3.28. The molecule has 0 saturated carbocycles. The third-order valence-electron chi connectivity index (χ3n) is 3.22. The van der Waals surface area contributed by atoms with E-state index >= 15 is 0 Å². The van der Waals surface area contributed by atoms with E-state index in [1.807, 2.05) is 0 Å². The van der Waals surface area contributed by atoms with E-state index in [4.69, 9.17) is 5.11 Å². The van der Waals surface area contributed by atoms with Gasteiger partial charge in [-0.2, -0.15) is 0 Å². The fourth-order valence-corrected chi connectivity index (χ4v) is 2.06. The molecule has 1 aliphatic heterocycles. The summed E-state index contributed by atoms with van der Waals surface area (Å²) in [5.41, 5.74) is -1.21. The first kappa shape index (κ1) is 13.8. The average molecular weight is 242 g/mol. The maximum atomic E-state index is 11.9. The van der Waals surface area contributed by atoms with E-state index in [2.05, 4.69) is 12.2 Å². The number of likely N-dealkylation sites (tertiary alicyclic amines) is 1. The molecule has 1 heterocycles. The summed E-state index contributed by atoms with van der Waals surface area (Å²) in [4.78, 5) is 24.5. The third-order valence-corrected chi connectivity index (χ3v) is 3.22. The van der Waals surface area contributed by atoms with Crippen molar-refractivity contribution in [3.63, 3.8) is 0 Å². The topological polar surface area (TPSA) is 69.6 Å². The van der Waals surface area contributed by atoms with Gasteiger partial charge >= 0.3 is 12.0 Å². The van der Waals surface area contributed by atoms with Gasteiger partial charge in [-0.25, -0.2) is 9.59 Å². The number of carboxylic acid groups (broad SMARTS) is 1. The number of hydrogen-bond acceptors (Lipinski definition) is 2. The first-order valence-electron chi connectivity index (χ1n) is 6.17. The van der Waals surface area contributed by atoms with Crippen molar-refractivity contribution < 1.29 is 14.7 Å². The van der Waals surface area contributed by atoms with Crippen LogP contribution in [0.25, 0.3) is 0 Å². The summed E-state index contributed by atoms with van der Waals surface area (Å²) < 4.78 is 0. The second kappa shape index (κ2) is 5.38. The molecule has 5 heteroatoms. The molecule has 1 fully saturated rings. The zero-order valence-electron chi connectivity index (χ0n) is 10.8. The zero-order chi connectivity index (χ0) is 13.1. The Morgan fingerprint density at radius 3 is 2.65 bits per heavy atom. The van der Waals surface area contributed by atoms with Crippen LogP contribution < -0.4 is 5.32 Å². The highest BCUT2D eigenvalue weighted by Gasteiger charge is 2.33. The van der Waals surface area contributed by atoms with Crippen LogP contribution in [0, 0.1) is 5.92 Å². The van der Waals surface area contributed by atoms with Gasteiger partial charge in [0.2, 0.25) is 0 Å². The standard InChI is InChI=1S/C12H22N2O3/c1-4-5-9-6-7-14(8-9)11(17)13-12(2,3)10(15)16/h9H,4-8H2,1-3H3,(H,13,17)(H,15,16). The van der Waals surface area contributed by atoms with E-state index in [0.29, 0.717) is 5.92 Å². The molecule has 0 aliphatic carbocycles. The van der Waals surface area contributed by atoms with Crippen LogP contribution in [0.5, 0.6) is 0 Å². The predicted molar refractivity (Wildman–Crippen MR) is 64.8 cm³/mol. The van der Waals surface area contributed by atoms with Gasteiger partial charge in [-0.3, -0.25) is 0 Å². The first-order valence-corrected chi connectivity index (χ1v) is 6.17. The van der Waals surface area contributed by atoms with E-state index in [9.17, 15) is 9.59 Å². The molecule has 1 rings (SSSR count). The van der Waals surface area contributed by atoms with Crippen LogP contribution in [0.15, 0.2) is 0 Å². The van der Waals surface area contributed by atoms with Crippen molar-refractivity contribution in [3.8, 4) is 0 Å². The van der Waals surface area contributed by atoms with Crippen LogP contribution in [0.2, 0.25) is 0 Å². The van der Waals surface area contributed by atoms with Crippen LogP contribution in [0.1, 0.15) is 40.0 Å². The number of carbonyl (C=O) groups excluding carboxylic acids is 1. The third kappa shape index (κ3) is 3.61. The van der Waals surface area contributed by atoms with Crippen LogP contribution in [-0.2, 0) is 4.79 Å². The Morgan fingerprint density at radius 2 is 2.12 bits per heavy atom. The monoisotopic (exact) mass is 242 g/mol. The second-order valence-corrected chi connectivity index (χ2v) is 5.25. The Hall–Kier alpha value is -1.26. The number of amides is 2. The van der Waals surface area contributed by atoms with Crippen molar-refractivity contribution >= 4 is 12.0 Å². The quantitative estimate of drug-likeness (QED) is 0.788. The number of hydrogen-bond donors (Lipinski definition) is 2. The van der Waals surface area contributed by atoms with Crippen LogP contribution in [-0.4, -0.2) is 40.6 Å². The minimum absolute atomic E-state index is 0.268. The molecule has 0 aromatic carbocycles. The molecule has 1 saturated heterocycles. The fraction of sp³-hybridized carbons (Fsp3) is 0.833. The summed E-state index contributed by atoms with van der Waals surface area (Å²) in [6, 6.07) is -0.268. The fourth-order valence-electron chi connectivity index (χ4n) is 2.06. The molecule has 2 amide bonds. The molecular weight excluding hydrogens is 220 g/mol. The van der Waals surface area contributed by atoms with Crippen molar-refractivity contribution in [2.24, 2.45) is 5.92 Å². The Labute approximate surface area is 102 Å². The van der Waals surface area contributed by atoms with Gasteiger partial charge in [0.15, 0.2) is 0 Å². The molecule has 1 unspecified atom stereocenters. The largest absolute Gasteiger partial charge is 0.480 e. The van der Waals surface area contributed by atoms with E-state index in [0.717, 1.165) is 32.4 Å². The highest BCUT2D eigenvalue weighted by atomic mass is 16.4. The molecule has 0 aromatic heterocycles. The molecule has 2 N–H and O–H groups in total. The van der Waals surface area contributed by atoms with E-state index in [1.54, 1.807) is 4.90 Å². The van der Waals surface area contributed by atoms with Gasteiger partial charge in [0.05, 0.1) is 0 Å². The molecule has 5 nitrogen and oxygen atoms in total. The van der Waals surface area contributed by atoms with Crippen LogP contribution in [0.3, 0.4) is 0 Å². The Balaban J connectivity index is 2.47. The van der Waals surface area contributed by atoms with Gasteiger partial charge in [0.25, 0.3) is 0 Å². The van der Waals surface area contributed by atoms with Crippen LogP contribution in [0.4, 0.5) is 4.79 Å². The highest BCUT2D eigenvalue weighted by Crippen LogP contribution is 2.21. The van der Waals surface area contributed by atoms with Gasteiger partial charge in [0, 0.05) is 13.1 Å². The number of urea groups is 1. The summed E-state index contributed by atoms with van der Waals surface area (Å²) in [7, 11) is 0. The predicted octanol–water partition coefficient (Wildman–Crippen LogP) is 1.68. The maximum absolute atomic E-state index is 11.9. The van der Waals surface area contributed by atoms with E-state index < -0.39 is 11.5 Å². The lowest BCUT2D eigenvalue weighted by molar-refractivity contribution is -0.143. The minimum atomic E-state index is -1.21. The molecule has 0 aromatic rings. The van der Waals surface area contributed by atoms with E-state index in [1.165, 1.54) is 13.8 Å². The SMILES string of the molecule is CCCC1CCN(C(=O)NC(C)(C)C(=O)O)C1. The Kier molecular flexibility index (Phi) is 4.37. The molecule has 1 atom stereocenters. The van der Waals surface area contributed by atoms with Crippen molar-refractivity contribution in [1.82, 2.24) is 10.2 Å². The summed E-state index contributed by atoms with van der Waals surface area (Å²) >= 11 is 0. The van der Waals surface area contributed by atoms with Crippen molar-refractivity contribution in [2.45, 2.75) is 45.6 Å². The van der Waals surface area contributed by atoms with Gasteiger partial charge in [-0.15, -0.1) is 0 Å². The van der Waals surface area contributed by atoms with Crippen LogP contribution >= 0.6 is 0 Å². The number of rotatable bonds is 4. The average Bonchev–Trinajstić information content (AvgIpc) is 2.66. The Bertz CT molecular complexity index is 302. The van der Waals surface area contributed by atoms with Gasteiger partial charge in [-0.05, 0) is 32.6 Å². The normalized spacial score (nSPS) is 20.4. The number of carboxylic acids is 1. The summed E-state index contributed by atoms with van der Waals surface area (Å²) in [6.45, 7) is 6.59. The second-order valence-electron chi connectivity index (χ2n) is 5.25. The molecule has 98 valence electrons. The lowest BCUT2D eigenvalue weighted by atomic mass is 10.0. The van der Waals surface area contributed by atoms with E-state index in [-0.39, 0.29) is 6.03 Å². The molecule has 0 spiro atoms. The number of carbonyl (C=O) groups is 2. The number of aliphatic carboxylic acids is 1. The van der Waals surface area contributed by atoms with Crippen molar-refractivity contribution in [1.29, 1.82) is 0 Å². The summed E-state index contributed by atoms with van der Waals surface area (Å²) in [5, 5.41) is 11.5. The zero-order valence-corrected chi connectivity index (χ0v) is 10.8. The van der Waals surface area contributed by atoms with Crippen molar-refractivity contribution in [2.75, 3.05) is 13.1 Å². The molecule has 0 bridgehead atoms. The minimum Gasteiger partial charge on any atom is -0.480 e. The molecule has 1 aliphatic rings. The maximum Gasteiger partial charge on any atom is 0.328 e. The summed E-state index contributed by atoms with van der Waals surface area (Å²) in [5.74, 6) is -0.450. The van der Waals surface area contributed by atoms with Gasteiger partial charge in [-0.1, -0.05) is 13.3 Å². The Morgan fingerprint density at radius 1 is 1.47 bits per heavy atom. The van der Waals surface area contributed by atoms with Gasteiger partial charge in [0.1, 0.15) is 5.54 Å². The van der Waals surface area contributed by atoms with Crippen molar-refractivity contribution in [3.05, 3.63) is 0 Å². The smallest absolute Gasteiger partial charge is 0.328 e. The molecule has 17 heavy (non-hydrogen) atoms. The lowest BCUT2D eigenvalue weighted by Crippen LogP contribution is -2.53. The molecular formula is C12H22N2O3. The lowest BCUT2D eigenvalue weighted by Gasteiger charge is -2.25. The van der Waals surface area contributed by atoms with Gasteiger partial charge < -0.3 is 15.3 Å². The number of nitrogens with zero attached hydrogens (tertiary/aromatic N) is 1.